The molecule has 28 heavy (non-hydrogen) atoms. The van der Waals surface area contributed by atoms with Crippen LogP contribution in [-0.2, 0) is 10.0 Å². The number of nitrogens with zero attached hydrogens (tertiary/aromatic N) is 2. The lowest BCUT2D eigenvalue weighted by atomic mass is 10.1. The number of amides is 1. The van der Waals surface area contributed by atoms with Crippen molar-refractivity contribution in [1.82, 2.24) is 4.31 Å². The molecular weight excluding hydrogens is 406 g/mol. The first-order valence-electron chi connectivity index (χ1n) is 8.47. The molecule has 0 saturated heterocycles. The standard InChI is InChI=1S/C18H20ClN3O5S/c1-4-21(5-2)28(26,27)17-10-13(7-9-15(17)19)18(23)20-14-8-6-12(3)16(11-14)22(24)25/h6-11H,4-5H2,1-3H3,(H,20,23). The molecule has 0 unspecified atom stereocenters. The molecule has 0 spiro atoms. The van der Waals surface area contributed by atoms with E-state index in [1.54, 1.807) is 20.8 Å². The van der Waals surface area contributed by atoms with Gasteiger partial charge in [0.05, 0.1) is 9.95 Å². The molecule has 0 fully saturated rings. The van der Waals surface area contributed by atoms with Crippen molar-refractivity contribution < 1.29 is 18.1 Å². The number of rotatable bonds is 7. The van der Waals surface area contributed by atoms with Gasteiger partial charge in [-0.25, -0.2) is 8.42 Å². The summed E-state index contributed by atoms with van der Waals surface area (Å²) in [6.07, 6.45) is 0. The summed E-state index contributed by atoms with van der Waals surface area (Å²) in [7, 11) is -3.85. The monoisotopic (exact) mass is 425 g/mol. The van der Waals surface area contributed by atoms with Crippen molar-refractivity contribution >= 4 is 38.9 Å². The first-order valence-corrected chi connectivity index (χ1v) is 10.3. The lowest BCUT2D eigenvalue weighted by Crippen LogP contribution is -2.31. The zero-order valence-corrected chi connectivity index (χ0v) is 17.2. The van der Waals surface area contributed by atoms with E-state index in [4.69, 9.17) is 11.6 Å². The molecule has 10 heteroatoms. The van der Waals surface area contributed by atoms with Gasteiger partial charge in [0.15, 0.2) is 0 Å². The Kier molecular flexibility index (Phi) is 6.76. The summed E-state index contributed by atoms with van der Waals surface area (Å²) < 4.78 is 26.7. The van der Waals surface area contributed by atoms with Crippen LogP contribution >= 0.6 is 11.6 Å². The minimum absolute atomic E-state index is 0.00873. The average molecular weight is 426 g/mol. The number of nitro groups is 1. The molecule has 150 valence electrons. The van der Waals surface area contributed by atoms with Gasteiger partial charge in [-0.3, -0.25) is 14.9 Å². The van der Waals surface area contributed by atoms with Crippen LogP contribution in [0.4, 0.5) is 11.4 Å². The molecule has 0 aliphatic rings. The highest BCUT2D eigenvalue weighted by molar-refractivity contribution is 7.89. The van der Waals surface area contributed by atoms with Crippen LogP contribution in [0.3, 0.4) is 0 Å². The van der Waals surface area contributed by atoms with Gasteiger partial charge >= 0.3 is 0 Å². The molecule has 0 aliphatic heterocycles. The van der Waals surface area contributed by atoms with Crippen LogP contribution in [0.15, 0.2) is 41.3 Å². The zero-order valence-electron chi connectivity index (χ0n) is 15.6. The van der Waals surface area contributed by atoms with E-state index in [-0.39, 0.29) is 39.9 Å². The lowest BCUT2D eigenvalue weighted by Gasteiger charge is -2.19. The van der Waals surface area contributed by atoms with Gasteiger partial charge in [-0.1, -0.05) is 31.5 Å². The first kappa shape index (κ1) is 21.8. The third-order valence-corrected chi connectivity index (χ3v) is 6.71. The Balaban J connectivity index is 2.38. The van der Waals surface area contributed by atoms with Gasteiger partial charge in [0.25, 0.3) is 11.6 Å². The average Bonchev–Trinajstić information content (AvgIpc) is 2.64. The molecule has 2 rings (SSSR count). The molecule has 0 radical (unpaired) electrons. The number of halogens is 1. The maximum absolute atomic E-state index is 12.7. The van der Waals surface area contributed by atoms with E-state index < -0.39 is 20.9 Å². The Morgan fingerprint density at radius 3 is 2.39 bits per heavy atom. The van der Waals surface area contributed by atoms with E-state index in [1.165, 1.54) is 40.7 Å². The van der Waals surface area contributed by atoms with Crippen molar-refractivity contribution in [2.45, 2.75) is 25.7 Å². The molecule has 0 saturated carbocycles. The van der Waals surface area contributed by atoms with Crippen LogP contribution in [0.1, 0.15) is 29.8 Å². The van der Waals surface area contributed by atoms with E-state index in [1.807, 2.05) is 0 Å². The van der Waals surface area contributed by atoms with Gasteiger partial charge in [-0.15, -0.1) is 0 Å². The van der Waals surface area contributed by atoms with E-state index in [0.717, 1.165) is 0 Å². The topological polar surface area (TPSA) is 110 Å². The number of nitrogens with one attached hydrogen (secondary N) is 1. The van der Waals surface area contributed by atoms with Crippen LogP contribution in [0, 0.1) is 17.0 Å². The molecule has 0 bridgehead atoms. The molecule has 0 aliphatic carbocycles. The van der Waals surface area contributed by atoms with Gasteiger partial charge in [0.2, 0.25) is 10.0 Å². The van der Waals surface area contributed by atoms with Crippen LogP contribution in [0.5, 0.6) is 0 Å². The lowest BCUT2D eigenvalue weighted by molar-refractivity contribution is -0.385. The summed E-state index contributed by atoms with van der Waals surface area (Å²) in [5, 5.41) is 13.6. The highest BCUT2D eigenvalue weighted by Crippen LogP contribution is 2.27. The Bertz CT molecular complexity index is 1020. The number of benzene rings is 2. The van der Waals surface area contributed by atoms with Crippen LogP contribution in [0.2, 0.25) is 5.02 Å². The highest BCUT2D eigenvalue weighted by atomic mass is 35.5. The fourth-order valence-corrected chi connectivity index (χ4v) is 4.59. The second-order valence-electron chi connectivity index (χ2n) is 5.95. The molecule has 2 aromatic carbocycles. The number of hydrogen-bond acceptors (Lipinski definition) is 5. The van der Waals surface area contributed by atoms with E-state index in [9.17, 15) is 23.3 Å². The maximum atomic E-state index is 12.7. The van der Waals surface area contributed by atoms with Crippen molar-refractivity contribution in [3.63, 3.8) is 0 Å². The number of hydrogen-bond donors (Lipinski definition) is 1. The van der Waals surface area contributed by atoms with Crippen molar-refractivity contribution in [3.05, 3.63) is 62.7 Å². The predicted molar refractivity (Wildman–Crippen MR) is 107 cm³/mol. The molecule has 0 atom stereocenters. The van der Waals surface area contributed by atoms with E-state index in [2.05, 4.69) is 5.32 Å². The molecule has 0 aromatic heterocycles. The van der Waals surface area contributed by atoms with Crippen molar-refractivity contribution in [2.24, 2.45) is 0 Å². The number of carbonyl (C=O) groups excluding carboxylic acids is 1. The number of sulfonamides is 1. The van der Waals surface area contributed by atoms with Crippen molar-refractivity contribution in [3.8, 4) is 0 Å². The summed E-state index contributed by atoms with van der Waals surface area (Å²) in [6, 6.07) is 8.23. The predicted octanol–water partition coefficient (Wildman–Crippen LogP) is 3.84. The Labute approximate surface area is 168 Å². The van der Waals surface area contributed by atoms with E-state index in [0.29, 0.717) is 5.56 Å². The van der Waals surface area contributed by atoms with Crippen LogP contribution in [0.25, 0.3) is 0 Å². The molecule has 1 N–H and O–H groups in total. The number of nitro benzene ring substituents is 1. The second kappa shape index (κ2) is 8.68. The molecule has 1 amide bonds. The molecule has 0 heterocycles. The van der Waals surface area contributed by atoms with Gasteiger partial charge < -0.3 is 5.32 Å². The summed E-state index contributed by atoms with van der Waals surface area (Å²) in [5.74, 6) is -0.606. The van der Waals surface area contributed by atoms with Gasteiger partial charge in [-0.2, -0.15) is 4.31 Å². The summed E-state index contributed by atoms with van der Waals surface area (Å²) in [6.45, 7) is 5.52. The molecule has 8 nitrogen and oxygen atoms in total. The van der Waals surface area contributed by atoms with Gasteiger partial charge in [0, 0.05) is 36.0 Å². The second-order valence-corrected chi connectivity index (χ2v) is 8.26. The summed E-state index contributed by atoms with van der Waals surface area (Å²) >= 11 is 6.06. The number of aryl methyl sites for hydroxylation is 1. The fraction of sp³-hybridized carbons (Fsp3) is 0.278. The van der Waals surface area contributed by atoms with Crippen LogP contribution < -0.4 is 5.32 Å². The minimum atomic E-state index is -3.85. The quantitative estimate of drug-likeness (QED) is 0.535. The largest absolute Gasteiger partial charge is 0.322 e. The first-order chi connectivity index (χ1) is 13.1. The van der Waals surface area contributed by atoms with Gasteiger partial charge in [-0.05, 0) is 31.2 Å². The minimum Gasteiger partial charge on any atom is -0.322 e. The van der Waals surface area contributed by atoms with Crippen molar-refractivity contribution in [1.29, 1.82) is 0 Å². The van der Waals surface area contributed by atoms with Crippen LogP contribution in [-0.4, -0.2) is 36.6 Å². The zero-order chi connectivity index (χ0) is 21.1. The summed E-state index contributed by atoms with van der Waals surface area (Å²) in [4.78, 5) is 22.9. The Morgan fingerprint density at radius 2 is 1.82 bits per heavy atom. The third kappa shape index (κ3) is 4.49. The number of carbonyl (C=O) groups is 1. The molecule has 2 aromatic rings. The van der Waals surface area contributed by atoms with E-state index >= 15 is 0 Å². The Morgan fingerprint density at radius 1 is 1.18 bits per heavy atom. The van der Waals surface area contributed by atoms with Gasteiger partial charge in [0.1, 0.15) is 4.90 Å². The summed E-state index contributed by atoms with van der Waals surface area (Å²) in [5.41, 5.74) is 0.629. The highest BCUT2D eigenvalue weighted by Gasteiger charge is 2.25. The third-order valence-electron chi connectivity index (χ3n) is 4.18. The fourth-order valence-electron chi connectivity index (χ4n) is 2.63. The smallest absolute Gasteiger partial charge is 0.274 e. The molecular formula is C18H20ClN3O5S. The Hall–Kier alpha value is -2.49. The number of anilines is 1. The van der Waals surface area contributed by atoms with Crippen molar-refractivity contribution in [2.75, 3.05) is 18.4 Å². The normalized spacial score (nSPS) is 11.5. The maximum Gasteiger partial charge on any atom is 0.274 e. The SMILES string of the molecule is CCN(CC)S(=O)(=O)c1cc(C(=O)Nc2ccc(C)c([N+](=O)[O-])c2)ccc1Cl.